The second-order valence-electron chi connectivity index (χ2n) is 6.64. The summed E-state index contributed by atoms with van der Waals surface area (Å²) in [6.07, 6.45) is 1.62. The van der Waals surface area contributed by atoms with Gasteiger partial charge in [-0.1, -0.05) is 6.92 Å². The monoisotopic (exact) mass is 341 g/mol. The van der Waals surface area contributed by atoms with E-state index in [9.17, 15) is 9.59 Å². The van der Waals surface area contributed by atoms with Crippen LogP contribution in [0.4, 0.5) is 0 Å². The Morgan fingerprint density at radius 3 is 2.84 bits per heavy atom. The molecular formula is C18H19N3O4. The molecule has 1 aliphatic heterocycles. The molecule has 0 radical (unpaired) electrons. The number of carbonyl (C=O) groups excluding carboxylic acids is 2. The molecule has 2 aliphatic rings. The number of methoxy groups -OCH3 is 1. The van der Waals surface area contributed by atoms with Crippen LogP contribution in [-0.2, 0) is 4.79 Å². The maximum absolute atomic E-state index is 11.8. The highest BCUT2D eigenvalue weighted by Gasteiger charge is 2.61. The number of hydrogen-bond acceptors (Lipinski definition) is 5. The van der Waals surface area contributed by atoms with Gasteiger partial charge in [0.25, 0.3) is 5.91 Å². The third kappa shape index (κ3) is 2.47. The molecule has 3 N–H and O–H groups in total. The van der Waals surface area contributed by atoms with E-state index in [0.29, 0.717) is 35.6 Å². The normalized spacial score (nSPS) is 26.9. The molecule has 25 heavy (non-hydrogen) atoms. The maximum atomic E-state index is 11.8. The summed E-state index contributed by atoms with van der Waals surface area (Å²) in [5.74, 6) is 1.28. The van der Waals surface area contributed by atoms with Crippen LogP contribution in [0.1, 0.15) is 17.3 Å². The number of amides is 2. The highest BCUT2D eigenvalue weighted by molar-refractivity contribution is 6.01. The molecule has 7 nitrogen and oxygen atoms in total. The van der Waals surface area contributed by atoms with Crippen LogP contribution in [0.3, 0.4) is 0 Å². The number of aromatic nitrogens is 1. The quantitative estimate of drug-likeness (QED) is 0.848. The molecule has 4 atom stereocenters. The van der Waals surface area contributed by atoms with Crippen LogP contribution in [0.25, 0.3) is 10.8 Å². The predicted molar refractivity (Wildman–Crippen MR) is 90.4 cm³/mol. The molecule has 1 saturated heterocycles. The van der Waals surface area contributed by atoms with Gasteiger partial charge in [-0.25, -0.2) is 4.98 Å². The van der Waals surface area contributed by atoms with Crippen molar-refractivity contribution >= 4 is 22.6 Å². The summed E-state index contributed by atoms with van der Waals surface area (Å²) in [6, 6.07) is 5.16. The first-order valence-electron chi connectivity index (χ1n) is 8.21. The number of pyridine rings is 1. The largest absolute Gasteiger partial charge is 0.496 e. The lowest BCUT2D eigenvalue weighted by molar-refractivity contribution is -0.121. The summed E-state index contributed by atoms with van der Waals surface area (Å²) >= 11 is 0. The van der Waals surface area contributed by atoms with Crippen LogP contribution in [0.15, 0.2) is 24.4 Å². The van der Waals surface area contributed by atoms with Crippen LogP contribution in [0, 0.1) is 17.8 Å². The van der Waals surface area contributed by atoms with Gasteiger partial charge < -0.3 is 20.5 Å². The minimum atomic E-state index is -0.555. The second-order valence-corrected chi connectivity index (χ2v) is 6.64. The Morgan fingerprint density at radius 1 is 1.40 bits per heavy atom. The molecule has 1 saturated carbocycles. The van der Waals surface area contributed by atoms with E-state index in [1.807, 2.05) is 0 Å². The van der Waals surface area contributed by atoms with Crippen molar-refractivity contribution in [2.45, 2.75) is 13.0 Å². The topological polar surface area (TPSA) is 104 Å². The number of nitrogens with two attached hydrogens (primary N) is 1. The maximum Gasteiger partial charge on any atom is 0.252 e. The van der Waals surface area contributed by atoms with Crippen molar-refractivity contribution in [3.8, 4) is 11.6 Å². The molecule has 1 aliphatic carbocycles. The van der Waals surface area contributed by atoms with Crippen molar-refractivity contribution in [3.63, 3.8) is 0 Å². The fraction of sp³-hybridized carbons (Fsp3) is 0.389. The van der Waals surface area contributed by atoms with E-state index < -0.39 is 5.91 Å². The van der Waals surface area contributed by atoms with Crippen molar-refractivity contribution in [2.75, 3.05) is 13.7 Å². The summed E-state index contributed by atoms with van der Waals surface area (Å²) in [6.45, 7) is 2.46. The van der Waals surface area contributed by atoms with Gasteiger partial charge in [0, 0.05) is 17.5 Å². The number of hydrogen-bond donors (Lipinski definition) is 2. The van der Waals surface area contributed by atoms with E-state index in [2.05, 4.69) is 17.2 Å². The summed E-state index contributed by atoms with van der Waals surface area (Å²) in [5, 5.41) is 4.49. The number of nitrogens with zero attached hydrogens (tertiary/aromatic N) is 1. The Balaban J connectivity index is 1.61. The highest BCUT2D eigenvalue weighted by atomic mass is 16.5. The number of rotatable bonds is 5. The number of piperidine rings is 1. The number of nitrogens with one attached hydrogen (secondary N) is 1. The minimum Gasteiger partial charge on any atom is -0.496 e. The van der Waals surface area contributed by atoms with Gasteiger partial charge in [0.15, 0.2) is 0 Å². The second kappa shape index (κ2) is 5.61. The fourth-order valence-electron chi connectivity index (χ4n) is 3.87. The first-order chi connectivity index (χ1) is 12.0. The summed E-state index contributed by atoms with van der Waals surface area (Å²) in [5.41, 5.74) is 5.71. The lowest BCUT2D eigenvalue weighted by Gasteiger charge is -2.16. The first kappa shape index (κ1) is 15.7. The predicted octanol–water partition coefficient (Wildman–Crippen LogP) is 1.10. The molecule has 2 aromatic rings. The lowest BCUT2D eigenvalue weighted by Crippen LogP contribution is -2.36. The van der Waals surface area contributed by atoms with Crippen LogP contribution >= 0.6 is 0 Å². The van der Waals surface area contributed by atoms with Crippen molar-refractivity contribution in [1.29, 1.82) is 0 Å². The molecule has 4 rings (SSSR count). The molecule has 2 fully saturated rings. The van der Waals surface area contributed by atoms with E-state index in [0.717, 1.165) is 10.8 Å². The molecule has 130 valence electrons. The van der Waals surface area contributed by atoms with Crippen molar-refractivity contribution in [3.05, 3.63) is 30.0 Å². The molecule has 1 aromatic carbocycles. The van der Waals surface area contributed by atoms with Gasteiger partial charge in [-0.05, 0) is 35.4 Å². The van der Waals surface area contributed by atoms with Crippen molar-refractivity contribution < 1.29 is 19.1 Å². The Bertz CT molecular complexity index is 882. The van der Waals surface area contributed by atoms with Gasteiger partial charge in [0.05, 0.1) is 18.7 Å². The molecule has 0 unspecified atom stereocenters. The Hall–Kier alpha value is -2.83. The van der Waals surface area contributed by atoms with E-state index >= 15 is 0 Å². The van der Waals surface area contributed by atoms with Crippen LogP contribution in [0.5, 0.6) is 11.6 Å². The van der Waals surface area contributed by atoms with Gasteiger partial charge in [-0.15, -0.1) is 0 Å². The number of carbonyl (C=O) groups is 2. The van der Waals surface area contributed by atoms with Gasteiger partial charge in [-0.3, -0.25) is 9.59 Å². The molecule has 0 spiro atoms. The molecule has 1 aromatic heterocycles. The SMILES string of the molecule is COc1cc2c(OC[C@H]3NC(=O)[C@H]4[C@@H](C)[C@H]43)nccc2cc1C(N)=O. The van der Waals surface area contributed by atoms with E-state index in [4.69, 9.17) is 15.2 Å². The Labute approximate surface area is 144 Å². The fourth-order valence-corrected chi connectivity index (χ4v) is 3.87. The number of ether oxygens (including phenoxy) is 2. The number of fused-ring (bicyclic) bond motifs is 2. The van der Waals surface area contributed by atoms with E-state index in [1.54, 1.807) is 24.4 Å². The summed E-state index contributed by atoms with van der Waals surface area (Å²) in [4.78, 5) is 27.7. The molecule has 0 bridgehead atoms. The van der Waals surface area contributed by atoms with Gasteiger partial charge in [0.1, 0.15) is 12.4 Å². The first-order valence-corrected chi connectivity index (χ1v) is 8.21. The third-order valence-corrected chi connectivity index (χ3v) is 5.26. The average Bonchev–Trinajstić information content (AvgIpc) is 3.15. The van der Waals surface area contributed by atoms with Crippen molar-refractivity contribution in [2.24, 2.45) is 23.5 Å². The zero-order valence-electron chi connectivity index (χ0n) is 14.0. The van der Waals surface area contributed by atoms with Crippen LogP contribution in [-0.4, -0.2) is 36.6 Å². The summed E-state index contributed by atoms with van der Waals surface area (Å²) < 4.78 is 11.2. The van der Waals surface area contributed by atoms with Gasteiger partial charge in [-0.2, -0.15) is 0 Å². The Kier molecular flexibility index (Phi) is 3.52. The molecular weight excluding hydrogens is 322 g/mol. The van der Waals surface area contributed by atoms with E-state index in [1.165, 1.54) is 7.11 Å². The highest BCUT2D eigenvalue weighted by Crippen LogP contribution is 2.52. The smallest absolute Gasteiger partial charge is 0.252 e. The van der Waals surface area contributed by atoms with Gasteiger partial charge in [0.2, 0.25) is 11.8 Å². The molecule has 2 heterocycles. The van der Waals surface area contributed by atoms with E-state index in [-0.39, 0.29) is 17.9 Å². The van der Waals surface area contributed by atoms with Crippen molar-refractivity contribution in [1.82, 2.24) is 10.3 Å². The van der Waals surface area contributed by atoms with Crippen LogP contribution < -0.4 is 20.5 Å². The molecule has 7 heteroatoms. The minimum absolute atomic E-state index is 0.0105. The molecule has 2 amide bonds. The Morgan fingerprint density at radius 2 is 2.20 bits per heavy atom. The zero-order valence-corrected chi connectivity index (χ0v) is 14.0. The zero-order chi connectivity index (χ0) is 17.7. The van der Waals surface area contributed by atoms with Crippen LogP contribution in [0.2, 0.25) is 0 Å². The average molecular weight is 341 g/mol. The standard InChI is InChI=1S/C18H19N3O4/c1-8-14-12(21-17(23)15(8)14)7-25-18-10-6-13(24-2)11(16(19)22)5-9(10)3-4-20-18/h3-6,8,12,14-15H,7H2,1-2H3,(H2,19,22)(H,21,23)/t8-,12+,14-,15-/m0/s1. The number of benzene rings is 1. The number of primary amides is 1. The third-order valence-electron chi connectivity index (χ3n) is 5.26. The van der Waals surface area contributed by atoms with Gasteiger partial charge >= 0.3 is 0 Å². The lowest BCUT2D eigenvalue weighted by atomic mass is 10.1. The summed E-state index contributed by atoms with van der Waals surface area (Å²) in [7, 11) is 1.48.